The number of ether oxygens (including phenoxy) is 3. The first-order valence-corrected chi connectivity index (χ1v) is 10.0. The van der Waals surface area contributed by atoms with Crippen molar-refractivity contribution in [2.24, 2.45) is 10.7 Å². The molecule has 6 nitrogen and oxygen atoms in total. The van der Waals surface area contributed by atoms with Crippen LogP contribution in [0.1, 0.15) is 24.0 Å². The van der Waals surface area contributed by atoms with Gasteiger partial charge >= 0.3 is 0 Å². The molecule has 2 aromatic carbocycles. The summed E-state index contributed by atoms with van der Waals surface area (Å²) in [5.74, 6) is 0.695. The number of carbonyl (C=O) groups is 1. The first-order valence-electron chi connectivity index (χ1n) is 9.63. The molecule has 2 N–H and O–H groups in total. The van der Waals surface area contributed by atoms with E-state index in [4.69, 9.17) is 31.5 Å². The number of Topliss-reactive ketones (excluding diaryl/α,β-unsaturated/α-hetero) is 1. The second kappa shape index (κ2) is 8.63. The van der Waals surface area contributed by atoms with Gasteiger partial charge in [-0.3, -0.25) is 9.79 Å². The molecule has 2 aliphatic rings. The maximum Gasteiger partial charge on any atom is 0.230 e. The molecule has 154 valence electrons. The number of benzene rings is 2. The summed E-state index contributed by atoms with van der Waals surface area (Å²) in [4.78, 5) is 16.7. The highest BCUT2D eigenvalue weighted by atomic mass is 35.5. The molecule has 0 spiro atoms. The topological polar surface area (TPSA) is 83.1 Å². The van der Waals surface area contributed by atoms with Crippen LogP contribution in [-0.4, -0.2) is 24.1 Å². The Labute approximate surface area is 179 Å². The third-order valence-electron chi connectivity index (χ3n) is 4.86. The van der Waals surface area contributed by atoms with Crippen molar-refractivity contribution < 1.29 is 19.0 Å². The van der Waals surface area contributed by atoms with Crippen LogP contribution in [0, 0.1) is 0 Å². The average Bonchev–Trinajstić information content (AvgIpc) is 2.77. The van der Waals surface area contributed by atoms with Gasteiger partial charge in [-0.1, -0.05) is 54.1 Å². The van der Waals surface area contributed by atoms with Crippen LogP contribution in [0.2, 0.25) is 0 Å². The Morgan fingerprint density at radius 1 is 1.13 bits per heavy atom. The van der Waals surface area contributed by atoms with Gasteiger partial charge in [0.15, 0.2) is 22.5 Å². The van der Waals surface area contributed by atoms with E-state index in [2.05, 4.69) is 4.99 Å². The number of nitrogens with zero attached hydrogens (tertiary/aromatic N) is 1. The lowest BCUT2D eigenvalue weighted by Crippen LogP contribution is -2.31. The van der Waals surface area contributed by atoms with Gasteiger partial charge in [0.2, 0.25) is 5.88 Å². The second-order valence-corrected chi connectivity index (χ2v) is 7.17. The Morgan fingerprint density at radius 3 is 2.57 bits per heavy atom. The zero-order chi connectivity index (χ0) is 21.1. The van der Waals surface area contributed by atoms with Gasteiger partial charge in [-0.15, -0.1) is 0 Å². The van der Waals surface area contributed by atoms with Crippen molar-refractivity contribution in [1.82, 2.24) is 0 Å². The van der Waals surface area contributed by atoms with E-state index in [0.717, 1.165) is 11.1 Å². The molecule has 0 bridgehead atoms. The zero-order valence-corrected chi connectivity index (χ0v) is 17.2. The summed E-state index contributed by atoms with van der Waals surface area (Å²) in [7, 11) is 0. The SMILES string of the molecule is CCOC1=C(N)OC2=C(C(=O)CN=C2Cl)C1c1ccc(OCc2ccccc2)cc1. The molecular weight excluding hydrogens is 404 g/mol. The molecule has 0 aromatic heterocycles. The molecule has 0 saturated heterocycles. The molecular formula is C23H21ClN2O4. The van der Waals surface area contributed by atoms with Crippen molar-refractivity contribution in [3.05, 3.63) is 88.7 Å². The molecule has 30 heavy (non-hydrogen) atoms. The highest BCUT2D eigenvalue weighted by Crippen LogP contribution is 2.42. The number of hydrogen-bond donors (Lipinski definition) is 1. The molecule has 2 aliphatic heterocycles. The maximum absolute atomic E-state index is 12.7. The Morgan fingerprint density at radius 2 is 1.87 bits per heavy atom. The molecule has 4 rings (SSSR count). The van der Waals surface area contributed by atoms with E-state index in [-0.39, 0.29) is 29.1 Å². The molecule has 2 aromatic rings. The van der Waals surface area contributed by atoms with Crippen LogP contribution in [0.3, 0.4) is 0 Å². The minimum absolute atomic E-state index is 0.0326. The molecule has 0 aliphatic carbocycles. The Balaban J connectivity index is 1.64. The van der Waals surface area contributed by atoms with Gasteiger partial charge in [0.05, 0.1) is 18.1 Å². The van der Waals surface area contributed by atoms with E-state index in [1.165, 1.54) is 0 Å². The number of allylic oxidation sites excluding steroid dienone is 2. The van der Waals surface area contributed by atoms with Crippen LogP contribution >= 0.6 is 11.6 Å². The van der Waals surface area contributed by atoms with Gasteiger partial charge in [-0.2, -0.15) is 0 Å². The largest absolute Gasteiger partial charge is 0.492 e. The van der Waals surface area contributed by atoms with Crippen LogP contribution in [0.4, 0.5) is 0 Å². The van der Waals surface area contributed by atoms with Gasteiger partial charge in [-0.05, 0) is 30.2 Å². The quantitative estimate of drug-likeness (QED) is 0.757. The molecule has 0 fully saturated rings. The fraction of sp³-hybridized carbons (Fsp3) is 0.217. The standard InChI is InChI=1S/C23H21ClN2O4/c1-2-28-21-18(19-17(27)12-26-22(24)20(19)30-23(21)25)15-8-10-16(11-9-15)29-13-14-6-4-3-5-7-14/h3-11,18H,2,12-13,25H2,1H3. The highest BCUT2D eigenvalue weighted by Gasteiger charge is 2.40. The van der Waals surface area contributed by atoms with Crippen molar-refractivity contribution >= 4 is 22.6 Å². The molecule has 0 amide bonds. The number of aliphatic imine (C=N–C) groups is 1. The van der Waals surface area contributed by atoms with Crippen LogP contribution in [0.15, 0.2) is 82.6 Å². The van der Waals surface area contributed by atoms with E-state index in [0.29, 0.717) is 30.3 Å². The smallest absolute Gasteiger partial charge is 0.230 e. The second-order valence-electron chi connectivity index (χ2n) is 6.81. The number of halogens is 1. The van der Waals surface area contributed by atoms with Gasteiger partial charge in [-0.25, -0.2) is 0 Å². The number of ketones is 1. The normalized spacial score (nSPS) is 18.5. The Hall–Kier alpha value is -3.25. The molecule has 7 heteroatoms. The zero-order valence-electron chi connectivity index (χ0n) is 16.4. The van der Waals surface area contributed by atoms with E-state index in [9.17, 15) is 4.79 Å². The summed E-state index contributed by atoms with van der Waals surface area (Å²) >= 11 is 6.20. The van der Waals surface area contributed by atoms with Gasteiger partial charge in [0.1, 0.15) is 18.9 Å². The number of dihydropyridines is 1. The predicted octanol–water partition coefficient (Wildman–Crippen LogP) is 4.02. The summed E-state index contributed by atoms with van der Waals surface area (Å²) in [6.45, 7) is 2.66. The third-order valence-corrected chi connectivity index (χ3v) is 5.15. The van der Waals surface area contributed by atoms with Gasteiger partial charge in [0, 0.05) is 0 Å². The van der Waals surface area contributed by atoms with Crippen molar-refractivity contribution in [2.45, 2.75) is 19.4 Å². The van der Waals surface area contributed by atoms with Gasteiger partial charge in [0.25, 0.3) is 0 Å². The average molecular weight is 425 g/mol. The van der Waals surface area contributed by atoms with Crippen LogP contribution in [0.25, 0.3) is 0 Å². The minimum atomic E-state index is -0.520. The highest BCUT2D eigenvalue weighted by molar-refractivity contribution is 6.70. The molecule has 0 radical (unpaired) electrons. The Kier molecular flexibility index (Phi) is 5.77. The first-order chi connectivity index (χ1) is 14.6. The summed E-state index contributed by atoms with van der Waals surface area (Å²) in [5, 5.41) is 0.135. The number of rotatable bonds is 6. The first kappa shape index (κ1) is 20.0. The van der Waals surface area contributed by atoms with E-state index in [1.54, 1.807) is 0 Å². The van der Waals surface area contributed by atoms with Crippen molar-refractivity contribution in [3.8, 4) is 5.75 Å². The lowest BCUT2D eigenvalue weighted by atomic mass is 9.84. The van der Waals surface area contributed by atoms with Crippen molar-refractivity contribution in [1.29, 1.82) is 0 Å². The van der Waals surface area contributed by atoms with Crippen LogP contribution in [0.5, 0.6) is 5.75 Å². The number of carbonyl (C=O) groups excluding carboxylic acids is 1. The van der Waals surface area contributed by atoms with Crippen LogP contribution in [-0.2, 0) is 20.9 Å². The molecule has 2 heterocycles. The summed E-state index contributed by atoms with van der Waals surface area (Å²) < 4.78 is 17.2. The number of nitrogens with two attached hydrogens (primary N) is 1. The monoisotopic (exact) mass is 424 g/mol. The Bertz CT molecular complexity index is 1040. The number of hydrogen-bond acceptors (Lipinski definition) is 6. The molecule has 1 unspecified atom stereocenters. The fourth-order valence-corrected chi connectivity index (χ4v) is 3.68. The van der Waals surface area contributed by atoms with Crippen LogP contribution < -0.4 is 10.5 Å². The predicted molar refractivity (Wildman–Crippen MR) is 114 cm³/mol. The summed E-state index contributed by atoms with van der Waals surface area (Å²) in [6.07, 6.45) is 0. The van der Waals surface area contributed by atoms with Crippen molar-refractivity contribution in [2.75, 3.05) is 13.2 Å². The summed E-state index contributed by atoms with van der Waals surface area (Å²) in [6, 6.07) is 17.4. The van der Waals surface area contributed by atoms with E-state index >= 15 is 0 Å². The third kappa shape index (κ3) is 3.91. The minimum Gasteiger partial charge on any atom is -0.492 e. The lowest BCUT2D eigenvalue weighted by Gasteiger charge is -2.31. The van der Waals surface area contributed by atoms with Crippen molar-refractivity contribution in [3.63, 3.8) is 0 Å². The molecule has 1 atom stereocenters. The summed E-state index contributed by atoms with van der Waals surface area (Å²) in [5.41, 5.74) is 8.41. The maximum atomic E-state index is 12.7. The van der Waals surface area contributed by atoms with Gasteiger partial charge < -0.3 is 19.9 Å². The fourth-order valence-electron chi connectivity index (χ4n) is 3.48. The van der Waals surface area contributed by atoms with E-state index in [1.807, 2.05) is 61.5 Å². The van der Waals surface area contributed by atoms with E-state index < -0.39 is 5.92 Å². The lowest BCUT2D eigenvalue weighted by molar-refractivity contribution is -0.115. The molecule has 0 saturated carbocycles.